The lowest BCUT2D eigenvalue weighted by atomic mass is 9.85. The minimum atomic E-state index is -5.68. The number of rotatable bonds is 3. The van der Waals surface area contributed by atoms with Gasteiger partial charge in [-0.25, -0.2) is 13.2 Å². The van der Waals surface area contributed by atoms with Crippen LogP contribution in [0.4, 0.5) is 52.7 Å². The monoisotopic (exact) mass is 744 g/mol. The molecule has 0 radical (unpaired) electrons. The van der Waals surface area contributed by atoms with E-state index in [0.29, 0.717) is 12.1 Å². The molecule has 0 N–H and O–H groups in total. The maximum Gasteiger partial charge on any atom is 0.417 e. The van der Waals surface area contributed by atoms with Crippen molar-refractivity contribution in [1.29, 1.82) is 42.1 Å². The highest BCUT2D eigenvalue weighted by atomic mass is 19.4. The summed E-state index contributed by atoms with van der Waals surface area (Å²) in [7, 11) is 0. The van der Waals surface area contributed by atoms with E-state index in [1.54, 1.807) is 0 Å². The molecular formula is C33H8F12N8. The molecule has 0 spiro atoms. The lowest BCUT2D eigenvalue weighted by Gasteiger charge is -2.19. The maximum absolute atomic E-state index is 13.9. The first-order valence-electron chi connectivity index (χ1n) is 13.2. The zero-order chi connectivity index (χ0) is 40.6. The van der Waals surface area contributed by atoms with E-state index in [1.165, 1.54) is 30.3 Å². The second-order valence-corrected chi connectivity index (χ2v) is 9.59. The summed E-state index contributed by atoms with van der Waals surface area (Å²) < 4.78 is 158. The van der Waals surface area contributed by atoms with E-state index in [-0.39, 0.29) is 6.07 Å². The van der Waals surface area contributed by atoms with Crippen LogP contribution in [0.1, 0.15) is 66.8 Å². The summed E-state index contributed by atoms with van der Waals surface area (Å²) in [6.45, 7) is -3.48. The third-order valence-corrected chi connectivity index (χ3v) is 6.93. The van der Waals surface area contributed by atoms with E-state index in [2.05, 4.69) is 0 Å². The SMILES string of the molecule is FCF.N#C/C(c1c(C#N)c(CF)cc(C(F)(F)F)c1C#N)=c1\cc/c(=C(\C#N)c2c(C#N)c(C(F)(F)F)cc(C(F)(F)F)c2C#N)c(C#N)c1C#N. The van der Waals surface area contributed by atoms with Gasteiger partial charge < -0.3 is 0 Å². The van der Waals surface area contributed by atoms with Gasteiger partial charge >= 0.3 is 18.5 Å². The van der Waals surface area contributed by atoms with Crippen molar-refractivity contribution in [2.45, 2.75) is 25.2 Å². The van der Waals surface area contributed by atoms with E-state index in [9.17, 15) is 94.8 Å². The zero-order valence-corrected chi connectivity index (χ0v) is 25.3. The summed E-state index contributed by atoms with van der Waals surface area (Å²) in [5, 5.41) is 76.9. The molecule has 0 aromatic heterocycles. The smallest absolute Gasteiger partial charge is 0.246 e. The Morgan fingerprint density at radius 3 is 0.981 bits per heavy atom. The van der Waals surface area contributed by atoms with Crippen LogP contribution in [0.15, 0.2) is 24.3 Å². The van der Waals surface area contributed by atoms with E-state index >= 15 is 0 Å². The number of alkyl halides is 12. The van der Waals surface area contributed by atoms with Gasteiger partial charge in [-0.1, -0.05) is 12.1 Å². The zero-order valence-electron chi connectivity index (χ0n) is 25.3. The quantitative estimate of drug-likeness (QED) is 0.263. The molecule has 0 unspecified atom stereocenters. The number of nitrogens with zero attached hydrogens (tertiary/aromatic N) is 8. The van der Waals surface area contributed by atoms with Crippen molar-refractivity contribution in [3.63, 3.8) is 0 Å². The van der Waals surface area contributed by atoms with Crippen molar-refractivity contribution in [2.24, 2.45) is 0 Å². The van der Waals surface area contributed by atoms with Gasteiger partial charge in [0, 0.05) is 27.1 Å². The average molecular weight is 744 g/mol. The largest absolute Gasteiger partial charge is 0.417 e. The molecule has 20 heteroatoms. The molecule has 3 rings (SSSR count). The number of halogens is 12. The summed E-state index contributed by atoms with van der Waals surface area (Å²) >= 11 is 0. The lowest BCUT2D eigenvalue weighted by molar-refractivity contribution is -0.143. The minimum Gasteiger partial charge on any atom is -0.246 e. The van der Waals surface area contributed by atoms with Crippen LogP contribution in [-0.2, 0) is 25.2 Å². The minimum absolute atomic E-state index is 0.141. The van der Waals surface area contributed by atoms with Gasteiger partial charge in [-0.3, -0.25) is 0 Å². The highest BCUT2D eigenvalue weighted by molar-refractivity contribution is 5.88. The molecule has 3 aromatic carbocycles. The number of nitriles is 8. The van der Waals surface area contributed by atoms with Crippen molar-refractivity contribution in [3.8, 4) is 48.6 Å². The number of benzene rings is 3. The van der Waals surface area contributed by atoms with Crippen LogP contribution in [0.25, 0.3) is 11.1 Å². The van der Waals surface area contributed by atoms with Gasteiger partial charge in [-0.15, -0.1) is 0 Å². The van der Waals surface area contributed by atoms with Crippen LogP contribution in [0.3, 0.4) is 0 Å². The number of hydrogen-bond acceptors (Lipinski definition) is 8. The fourth-order valence-corrected chi connectivity index (χ4v) is 4.93. The highest BCUT2D eigenvalue weighted by Gasteiger charge is 2.43. The van der Waals surface area contributed by atoms with Gasteiger partial charge in [0.1, 0.15) is 55.2 Å². The first-order valence-corrected chi connectivity index (χ1v) is 13.2. The molecular weight excluding hydrogens is 736 g/mol. The molecule has 3 aromatic rings. The Balaban J connectivity index is 0.00000313. The summed E-state index contributed by atoms with van der Waals surface area (Å²) in [6, 6.07) is 10.6. The Bertz CT molecular complexity index is 2440. The Morgan fingerprint density at radius 1 is 0.453 bits per heavy atom. The molecule has 53 heavy (non-hydrogen) atoms. The molecule has 264 valence electrons. The van der Waals surface area contributed by atoms with Crippen molar-refractivity contribution < 1.29 is 52.7 Å². The summed E-state index contributed by atoms with van der Waals surface area (Å²) in [5.41, 5.74) is -20.2. The molecule has 0 aliphatic carbocycles. The average Bonchev–Trinajstić information content (AvgIpc) is 3.09. The fraction of sp³-hybridized carbons (Fsp3) is 0.152. The predicted octanol–water partition coefficient (Wildman–Crippen LogP) is 6.77. The second-order valence-electron chi connectivity index (χ2n) is 9.59. The molecule has 0 aliphatic heterocycles. The van der Waals surface area contributed by atoms with E-state index in [1.807, 2.05) is 0 Å². The van der Waals surface area contributed by atoms with Crippen LogP contribution in [0, 0.1) is 90.6 Å². The lowest BCUT2D eigenvalue weighted by Crippen LogP contribution is -2.25. The van der Waals surface area contributed by atoms with Gasteiger partial charge in [0.2, 0.25) is 6.93 Å². The molecule has 0 aliphatic rings. The molecule has 8 nitrogen and oxygen atoms in total. The highest BCUT2D eigenvalue weighted by Crippen LogP contribution is 2.43. The first-order chi connectivity index (χ1) is 24.8. The van der Waals surface area contributed by atoms with Gasteiger partial charge in [-0.05, 0) is 12.1 Å². The summed E-state index contributed by atoms with van der Waals surface area (Å²) in [6.07, 6.45) is -16.7. The van der Waals surface area contributed by atoms with Crippen LogP contribution < -0.4 is 10.4 Å². The van der Waals surface area contributed by atoms with Crippen molar-refractivity contribution in [1.82, 2.24) is 0 Å². The standard InChI is InChI=1S/C32H6F10N8.CH2F2/c33-5-14-3-25(30(34,35)36)22(11-48)28(17(14)6-43)20(9-46)15-1-2-16(19(8-45)18(15)7-44)21(10-47)29-23(12-49)26(31(37,38)39)4-27(24(29)13-50)32(40,41)42;2-1-3/h1-4H,5H2;1H2/b20-15-,21-16-;. The first kappa shape index (κ1) is 41.7. The van der Waals surface area contributed by atoms with Gasteiger partial charge in [0.15, 0.2) is 0 Å². The van der Waals surface area contributed by atoms with Crippen molar-refractivity contribution in [3.05, 3.63) is 101 Å². The summed E-state index contributed by atoms with van der Waals surface area (Å²) in [4.78, 5) is 0. The van der Waals surface area contributed by atoms with Crippen molar-refractivity contribution in [2.75, 3.05) is 6.93 Å². The normalized spacial score (nSPS) is 12.0. The molecule has 0 saturated carbocycles. The topological polar surface area (TPSA) is 190 Å². The number of hydrogen-bond donors (Lipinski definition) is 0. The third-order valence-electron chi connectivity index (χ3n) is 6.93. The third kappa shape index (κ3) is 7.79. The molecule has 0 bridgehead atoms. The molecule has 0 amide bonds. The second kappa shape index (κ2) is 16.0. The fourth-order valence-electron chi connectivity index (χ4n) is 4.93. The Morgan fingerprint density at radius 2 is 0.736 bits per heavy atom. The predicted molar refractivity (Wildman–Crippen MR) is 150 cm³/mol. The van der Waals surface area contributed by atoms with Gasteiger partial charge in [0.25, 0.3) is 0 Å². The van der Waals surface area contributed by atoms with Crippen LogP contribution in [0.2, 0.25) is 0 Å². The van der Waals surface area contributed by atoms with Gasteiger partial charge in [-0.2, -0.15) is 81.6 Å². The van der Waals surface area contributed by atoms with Gasteiger partial charge in [0.05, 0.1) is 61.2 Å². The maximum atomic E-state index is 13.9. The molecule has 0 saturated heterocycles. The van der Waals surface area contributed by atoms with E-state index < -0.39 is 127 Å². The van der Waals surface area contributed by atoms with Crippen LogP contribution in [-0.4, -0.2) is 6.93 Å². The van der Waals surface area contributed by atoms with E-state index in [4.69, 9.17) is 0 Å². The molecule has 0 atom stereocenters. The van der Waals surface area contributed by atoms with E-state index in [0.717, 1.165) is 18.2 Å². The van der Waals surface area contributed by atoms with Crippen LogP contribution in [0.5, 0.6) is 0 Å². The Hall–Kier alpha value is -7.52. The van der Waals surface area contributed by atoms with Crippen LogP contribution >= 0.6 is 0 Å². The Kier molecular flexibility index (Phi) is 12.6. The molecule has 0 heterocycles. The summed E-state index contributed by atoms with van der Waals surface area (Å²) in [5.74, 6) is 0. The molecule has 0 fully saturated rings. The van der Waals surface area contributed by atoms with Crippen molar-refractivity contribution >= 4 is 11.1 Å². The Labute approximate surface area is 288 Å².